The molecule has 1 N–H and O–H groups in total. The fourth-order valence-electron chi connectivity index (χ4n) is 1.34. The summed E-state index contributed by atoms with van der Waals surface area (Å²) >= 11 is 0. The van der Waals surface area contributed by atoms with Crippen molar-refractivity contribution in [3.05, 3.63) is 29.6 Å². The van der Waals surface area contributed by atoms with Crippen LogP contribution >= 0.6 is 0 Å². The summed E-state index contributed by atoms with van der Waals surface area (Å²) in [6, 6.07) is 4.08. The summed E-state index contributed by atoms with van der Waals surface area (Å²) in [5, 5.41) is 2.81. The molecule has 3 nitrogen and oxygen atoms in total. The number of amides is 1. The van der Waals surface area contributed by atoms with Gasteiger partial charge >= 0.3 is 0 Å². The molecule has 0 unspecified atom stereocenters. The van der Waals surface area contributed by atoms with Gasteiger partial charge in [-0.2, -0.15) is 0 Å². The van der Waals surface area contributed by atoms with Crippen LogP contribution in [0.4, 0.5) is 4.39 Å². The molecule has 0 fully saturated rings. The van der Waals surface area contributed by atoms with E-state index in [9.17, 15) is 9.18 Å². The second kappa shape index (κ2) is 6.79. The van der Waals surface area contributed by atoms with Crippen LogP contribution in [0.2, 0.25) is 0 Å². The highest BCUT2D eigenvalue weighted by molar-refractivity contribution is 5.94. The van der Waals surface area contributed by atoms with E-state index in [4.69, 9.17) is 11.2 Å². The van der Waals surface area contributed by atoms with Gasteiger partial charge in [-0.3, -0.25) is 4.79 Å². The molecule has 1 rings (SSSR count). The first-order valence-corrected chi connectivity index (χ1v) is 6.12. The maximum Gasteiger partial charge on any atom is 0.251 e. The molecule has 1 amide bonds. The Balaban J connectivity index is 2.77. The predicted molar refractivity (Wildman–Crippen MR) is 72.5 cm³/mol. The van der Waals surface area contributed by atoms with Crippen LogP contribution < -0.4 is 10.1 Å². The first kappa shape index (κ1) is 15.0. The average molecular weight is 263 g/mol. The molecule has 4 heteroatoms. The molecule has 0 aliphatic carbocycles. The lowest BCUT2D eigenvalue weighted by molar-refractivity contribution is 0.0930. The summed E-state index contributed by atoms with van der Waals surface area (Å²) in [6.45, 7) is 5.90. The standard InChI is InChI=1S/C15H18FNO2/c1-5-8-19-14-7-6-12(9-13(14)16)15(18)17-11(4)10(2)3/h1,6-7,9-11H,8H2,2-4H3,(H,17,18)/t11-/m0/s1. The van der Waals surface area contributed by atoms with Crippen LogP contribution in [0.1, 0.15) is 31.1 Å². The summed E-state index contributed by atoms with van der Waals surface area (Å²) in [5.41, 5.74) is 0.262. The first-order chi connectivity index (χ1) is 8.95. The van der Waals surface area contributed by atoms with Crippen molar-refractivity contribution in [3.63, 3.8) is 0 Å². The van der Waals surface area contributed by atoms with Crippen molar-refractivity contribution >= 4 is 5.91 Å². The number of hydrogen-bond donors (Lipinski definition) is 1. The molecule has 102 valence electrons. The molecule has 0 bridgehead atoms. The topological polar surface area (TPSA) is 38.3 Å². The molecule has 0 aromatic heterocycles. The Morgan fingerprint density at radius 3 is 2.68 bits per heavy atom. The minimum Gasteiger partial charge on any atom is -0.478 e. The number of ether oxygens (including phenoxy) is 1. The van der Waals surface area contributed by atoms with Crippen LogP contribution in [0, 0.1) is 24.1 Å². The quantitative estimate of drug-likeness (QED) is 0.829. The molecular weight excluding hydrogens is 245 g/mol. The summed E-state index contributed by atoms with van der Waals surface area (Å²) in [4.78, 5) is 11.9. The Bertz CT molecular complexity index is 491. The second-order valence-electron chi connectivity index (χ2n) is 4.64. The van der Waals surface area contributed by atoms with Gasteiger partial charge in [-0.05, 0) is 31.0 Å². The highest BCUT2D eigenvalue weighted by atomic mass is 19.1. The molecule has 0 aliphatic rings. The molecule has 0 radical (unpaired) electrons. The van der Waals surface area contributed by atoms with Crippen molar-refractivity contribution in [2.24, 2.45) is 5.92 Å². The zero-order valence-corrected chi connectivity index (χ0v) is 11.4. The van der Waals surface area contributed by atoms with E-state index in [1.54, 1.807) is 0 Å². The van der Waals surface area contributed by atoms with Crippen LogP contribution in [0.25, 0.3) is 0 Å². The number of terminal acetylenes is 1. The van der Waals surface area contributed by atoms with Gasteiger partial charge in [0.1, 0.15) is 6.61 Å². The molecule has 0 heterocycles. The number of carbonyl (C=O) groups is 1. The van der Waals surface area contributed by atoms with Gasteiger partial charge in [0.15, 0.2) is 11.6 Å². The van der Waals surface area contributed by atoms with Gasteiger partial charge in [-0.25, -0.2) is 4.39 Å². The molecule has 1 atom stereocenters. The van der Waals surface area contributed by atoms with Crippen molar-refractivity contribution < 1.29 is 13.9 Å². The van der Waals surface area contributed by atoms with Gasteiger partial charge in [-0.1, -0.05) is 19.8 Å². The van der Waals surface area contributed by atoms with Crippen LogP contribution in [0.15, 0.2) is 18.2 Å². The third-order valence-corrected chi connectivity index (χ3v) is 2.86. The molecular formula is C15H18FNO2. The van der Waals surface area contributed by atoms with Crippen LogP contribution in [0.3, 0.4) is 0 Å². The van der Waals surface area contributed by atoms with Crippen molar-refractivity contribution in [1.82, 2.24) is 5.32 Å². The number of benzene rings is 1. The van der Waals surface area contributed by atoms with Gasteiger partial charge < -0.3 is 10.1 Å². The summed E-state index contributed by atoms with van der Waals surface area (Å²) in [7, 11) is 0. The van der Waals surface area contributed by atoms with Gasteiger partial charge in [0.2, 0.25) is 0 Å². The largest absolute Gasteiger partial charge is 0.478 e. The van der Waals surface area contributed by atoms with Crippen molar-refractivity contribution in [3.8, 4) is 18.1 Å². The predicted octanol–water partition coefficient (Wildman–Crippen LogP) is 2.61. The molecule has 0 saturated heterocycles. The molecule has 1 aromatic carbocycles. The molecule has 0 spiro atoms. The van der Waals surface area contributed by atoms with Gasteiger partial charge in [0, 0.05) is 11.6 Å². The van der Waals surface area contributed by atoms with Crippen molar-refractivity contribution in [2.75, 3.05) is 6.61 Å². The molecule has 1 aromatic rings. The van der Waals surface area contributed by atoms with E-state index >= 15 is 0 Å². The van der Waals surface area contributed by atoms with Crippen LogP contribution in [0.5, 0.6) is 5.75 Å². The number of rotatable bonds is 5. The minimum atomic E-state index is -0.597. The van der Waals surface area contributed by atoms with E-state index in [0.717, 1.165) is 6.07 Å². The fraction of sp³-hybridized carbons (Fsp3) is 0.400. The summed E-state index contributed by atoms with van der Waals surface area (Å²) in [6.07, 6.45) is 5.03. The van der Waals surface area contributed by atoms with E-state index < -0.39 is 5.82 Å². The average Bonchev–Trinajstić information content (AvgIpc) is 2.36. The van der Waals surface area contributed by atoms with Gasteiger partial charge in [0.05, 0.1) is 0 Å². The van der Waals surface area contributed by atoms with Gasteiger partial charge in [-0.15, -0.1) is 6.42 Å². The Labute approximate surface area is 113 Å². The summed E-state index contributed by atoms with van der Waals surface area (Å²) < 4.78 is 18.7. The third kappa shape index (κ3) is 4.29. The lowest BCUT2D eigenvalue weighted by Gasteiger charge is -2.17. The highest BCUT2D eigenvalue weighted by Crippen LogP contribution is 2.18. The Kier molecular flexibility index (Phi) is 5.37. The van der Waals surface area contributed by atoms with Gasteiger partial charge in [0.25, 0.3) is 5.91 Å². The monoisotopic (exact) mass is 263 g/mol. The SMILES string of the molecule is C#CCOc1ccc(C(=O)N[C@@H](C)C(C)C)cc1F. The fourth-order valence-corrected chi connectivity index (χ4v) is 1.34. The number of halogens is 1. The highest BCUT2D eigenvalue weighted by Gasteiger charge is 2.14. The second-order valence-corrected chi connectivity index (χ2v) is 4.64. The van der Waals surface area contributed by atoms with E-state index in [1.165, 1.54) is 12.1 Å². The molecule has 0 aliphatic heterocycles. The Morgan fingerprint density at radius 1 is 1.47 bits per heavy atom. The first-order valence-electron chi connectivity index (χ1n) is 6.12. The van der Waals surface area contributed by atoms with E-state index in [-0.39, 0.29) is 29.9 Å². The lowest BCUT2D eigenvalue weighted by Crippen LogP contribution is -2.36. The smallest absolute Gasteiger partial charge is 0.251 e. The minimum absolute atomic E-state index is 0.00710. The van der Waals surface area contributed by atoms with Crippen LogP contribution in [-0.2, 0) is 0 Å². The Hall–Kier alpha value is -2.02. The van der Waals surface area contributed by atoms with Crippen molar-refractivity contribution in [1.29, 1.82) is 0 Å². The number of nitrogens with one attached hydrogen (secondary N) is 1. The van der Waals surface area contributed by atoms with Crippen molar-refractivity contribution in [2.45, 2.75) is 26.8 Å². The Morgan fingerprint density at radius 2 is 2.16 bits per heavy atom. The van der Waals surface area contributed by atoms with Crippen LogP contribution in [-0.4, -0.2) is 18.6 Å². The molecule has 0 saturated carbocycles. The lowest BCUT2D eigenvalue weighted by atomic mass is 10.1. The van der Waals surface area contributed by atoms with E-state index in [1.807, 2.05) is 20.8 Å². The maximum atomic E-state index is 13.7. The van der Waals surface area contributed by atoms with E-state index in [0.29, 0.717) is 5.92 Å². The van der Waals surface area contributed by atoms with E-state index in [2.05, 4.69) is 11.2 Å². The zero-order valence-electron chi connectivity index (χ0n) is 11.4. The zero-order chi connectivity index (χ0) is 14.4. The summed E-state index contributed by atoms with van der Waals surface area (Å²) in [5.74, 6) is 1.71. The number of carbonyl (C=O) groups excluding carboxylic acids is 1. The maximum absolute atomic E-state index is 13.7. The number of hydrogen-bond acceptors (Lipinski definition) is 2. The normalized spacial score (nSPS) is 11.8. The molecule has 19 heavy (non-hydrogen) atoms. The third-order valence-electron chi connectivity index (χ3n) is 2.86.